The summed E-state index contributed by atoms with van der Waals surface area (Å²) in [4.78, 5) is 25.1. The molecule has 1 N–H and O–H groups in total. The van der Waals surface area contributed by atoms with Crippen molar-refractivity contribution in [2.45, 2.75) is 26.7 Å². The first kappa shape index (κ1) is 14.5. The van der Waals surface area contributed by atoms with Gasteiger partial charge in [-0.15, -0.1) is 0 Å². The van der Waals surface area contributed by atoms with Crippen molar-refractivity contribution in [3.8, 4) is 0 Å². The van der Waals surface area contributed by atoms with E-state index in [-0.39, 0.29) is 12.1 Å². The number of carboxylic acids is 1. The summed E-state index contributed by atoms with van der Waals surface area (Å²) in [6, 6.07) is 4.37. The number of aliphatic carboxylic acids is 1. The fourth-order valence-electron chi connectivity index (χ4n) is 2.63. The molecule has 0 aliphatic carbocycles. The average molecular weight is 279 g/mol. The van der Waals surface area contributed by atoms with E-state index in [2.05, 4.69) is 0 Å². The predicted octanol–water partition coefficient (Wildman–Crippen LogP) is 2.46. The monoisotopic (exact) mass is 279 g/mol. The van der Waals surface area contributed by atoms with Gasteiger partial charge in [0.25, 0.3) is 5.91 Å². The van der Waals surface area contributed by atoms with Gasteiger partial charge in [0.2, 0.25) is 0 Å². The number of rotatable bonds is 3. The molecule has 0 aromatic heterocycles. The Kier molecular flexibility index (Phi) is 3.79. The molecule has 1 aliphatic heterocycles. The van der Waals surface area contributed by atoms with Crippen molar-refractivity contribution in [1.29, 1.82) is 0 Å². The Bertz CT molecular complexity index is 558. The lowest BCUT2D eigenvalue weighted by Gasteiger charge is -2.23. The first-order valence-electron chi connectivity index (χ1n) is 6.68. The summed E-state index contributed by atoms with van der Waals surface area (Å²) in [5, 5.41) is 9.32. The van der Waals surface area contributed by atoms with Crippen LogP contribution in [-0.4, -0.2) is 35.0 Å². The number of benzene rings is 1. The first-order valence-corrected chi connectivity index (χ1v) is 6.68. The maximum Gasteiger partial charge on any atom is 0.311 e. The molecule has 108 valence electrons. The van der Waals surface area contributed by atoms with Gasteiger partial charge in [-0.05, 0) is 31.9 Å². The summed E-state index contributed by atoms with van der Waals surface area (Å²) in [7, 11) is 0. The molecule has 0 saturated carbocycles. The van der Waals surface area contributed by atoms with Gasteiger partial charge in [0.1, 0.15) is 5.82 Å². The van der Waals surface area contributed by atoms with Crippen LogP contribution >= 0.6 is 0 Å². The number of likely N-dealkylation sites (tertiary alicyclic amines) is 1. The molecule has 1 aromatic rings. The zero-order chi connectivity index (χ0) is 14.9. The van der Waals surface area contributed by atoms with Gasteiger partial charge in [0.15, 0.2) is 0 Å². The van der Waals surface area contributed by atoms with Crippen molar-refractivity contribution < 1.29 is 19.1 Å². The van der Waals surface area contributed by atoms with E-state index in [1.807, 2.05) is 0 Å². The largest absolute Gasteiger partial charge is 0.481 e. The highest BCUT2D eigenvalue weighted by Crippen LogP contribution is 2.35. The Balaban J connectivity index is 2.24. The summed E-state index contributed by atoms with van der Waals surface area (Å²) < 4.78 is 13.7. The molecular weight excluding hydrogens is 261 g/mol. The van der Waals surface area contributed by atoms with Gasteiger partial charge < -0.3 is 10.0 Å². The van der Waals surface area contributed by atoms with E-state index in [1.54, 1.807) is 19.9 Å². The number of nitrogens with zero attached hydrogens (tertiary/aromatic N) is 1. The van der Waals surface area contributed by atoms with Crippen LogP contribution in [-0.2, 0) is 4.79 Å². The lowest BCUT2D eigenvalue weighted by molar-refractivity contribution is -0.148. The summed E-state index contributed by atoms with van der Waals surface area (Å²) in [5.74, 6) is -1.88. The Labute approximate surface area is 117 Å². The van der Waals surface area contributed by atoms with E-state index >= 15 is 0 Å². The molecule has 0 spiro atoms. The van der Waals surface area contributed by atoms with E-state index in [1.165, 1.54) is 17.0 Å². The molecule has 5 heteroatoms. The van der Waals surface area contributed by atoms with E-state index in [9.17, 15) is 19.1 Å². The van der Waals surface area contributed by atoms with Crippen LogP contribution in [0.2, 0.25) is 0 Å². The van der Waals surface area contributed by atoms with Gasteiger partial charge in [0.05, 0.1) is 11.0 Å². The number of hydrogen-bond donors (Lipinski definition) is 1. The second-order valence-electron chi connectivity index (χ2n) is 5.40. The molecule has 1 fully saturated rings. The molecule has 0 radical (unpaired) electrons. The van der Waals surface area contributed by atoms with Gasteiger partial charge in [-0.1, -0.05) is 18.6 Å². The predicted molar refractivity (Wildman–Crippen MR) is 72.0 cm³/mol. The van der Waals surface area contributed by atoms with Gasteiger partial charge >= 0.3 is 5.97 Å². The molecular formula is C15H18FNO3. The van der Waals surface area contributed by atoms with E-state index in [0.717, 1.165) is 5.56 Å². The zero-order valence-electron chi connectivity index (χ0n) is 11.6. The lowest BCUT2D eigenvalue weighted by atomic mass is 9.84. The van der Waals surface area contributed by atoms with Gasteiger partial charge in [-0.25, -0.2) is 4.39 Å². The van der Waals surface area contributed by atoms with Crippen LogP contribution in [0.4, 0.5) is 4.39 Å². The topological polar surface area (TPSA) is 57.6 Å². The van der Waals surface area contributed by atoms with E-state index in [4.69, 9.17) is 0 Å². The van der Waals surface area contributed by atoms with Crippen molar-refractivity contribution in [1.82, 2.24) is 4.90 Å². The maximum absolute atomic E-state index is 13.7. The standard InChI is InChI=1S/C15H18FNO3/c1-3-15(14(19)20)6-7-17(9-15)13(18)11-8-10(2)4-5-12(11)16/h4-5,8H,3,6-7,9H2,1-2H3,(H,19,20). The molecule has 20 heavy (non-hydrogen) atoms. The van der Waals surface area contributed by atoms with Crippen LogP contribution in [0.25, 0.3) is 0 Å². The summed E-state index contributed by atoms with van der Waals surface area (Å²) in [6.45, 7) is 4.08. The minimum atomic E-state index is -0.893. The number of carbonyl (C=O) groups is 2. The average Bonchev–Trinajstić information content (AvgIpc) is 2.86. The number of amides is 1. The fourth-order valence-corrected chi connectivity index (χ4v) is 2.63. The third kappa shape index (κ3) is 2.40. The molecule has 1 aliphatic rings. The van der Waals surface area contributed by atoms with Gasteiger partial charge in [0, 0.05) is 13.1 Å². The van der Waals surface area contributed by atoms with Crippen LogP contribution in [0.1, 0.15) is 35.7 Å². The van der Waals surface area contributed by atoms with Crippen molar-refractivity contribution in [3.05, 3.63) is 35.1 Å². The second kappa shape index (κ2) is 5.23. The molecule has 1 atom stereocenters. The van der Waals surface area contributed by atoms with Gasteiger partial charge in [-0.3, -0.25) is 9.59 Å². The molecule has 2 rings (SSSR count). The van der Waals surface area contributed by atoms with Crippen LogP contribution in [0.5, 0.6) is 0 Å². The van der Waals surface area contributed by atoms with E-state index in [0.29, 0.717) is 19.4 Å². The lowest BCUT2D eigenvalue weighted by Crippen LogP contribution is -2.36. The Morgan fingerprint density at radius 3 is 2.70 bits per heavy atom. The second-order valence-corrected chi connectivity index (χ2v) is 5.40. The van der Waals surface area contributed by atoms with Crippen LogP contribution in [0.15, 0.2) is 18.2 Å². The molecule has 1 unspecified atom stereocenters. The Morgan fingerprint density at radius 2 is 2.15 bits per heavy atom. The summed E-state index contributed by atoms with van der Waals surface area (Å²) in [6.07, 6.45) is 0.875. The number of carboxylic acid groups (broad SMARTS) is 1. The third-order valence-electron chi connectivity index (χ3n) is 4.12. The highest BCUT2D eigenvalue weighted by molar-refractivity contribution is 5.95. The molecule has 1 saturated heterocycles. The number of hydrogen-bond acceptors (Lipinski definition) is 2. The smallest absolute Gasteiger partial charge is 0.311 e. The van der Waals surface area contributed by atoms with Crippen molar-refractivity contribution in [2.75, 3.05) is 13.1 Å². The normalized spacial score (nSPS) is 22.1. The number of halogens is 1. The highest BCUT2D eigenvalue weighted by Gasteiger charge is 2.45. The van der Waals surface area contributed by atoms with Gasteiger partial charge in [-0.2, -0.15) is 0 Å². The first-order chi connectivity index (χ1) is 9.39. The van der Waals surface area contributed by atoms with Crippen molar-refractivity contribution in [2.24, 2.45) is 5.41 Å². The molecule has 4 nitrogen and oxygen atoms in total. The van der Waals surface area contributed by atoms with Crippen molar-refractivity contribution >= 4 is 11.9 Å². The maximum atomic E-state index is 13.7. The quantitative estimate of drug-likeness (QED) is 0.924. The molecule has 1 amide bonds. The van der Waals surface area contributed by atoms with Crippen LogP contribution in [0.3, 0.4) is 0 Å². The van der Waals surface area contributed by atoms with Crippen LogP contribution in [0, 0.1) is 18.2 Å². The molecule has 1 heterocycles. The number of aryl methyl sites for hydroxylation is 1. The zero-order valence-corrected chi connectivity index (χ0v) is 11.6. The highest BCUT2D eigenvalue weighted by atomic mass is 19.1. The molecule has 0 bridgehead atoms. The SMILES string of the molecule is CCC1(C(=O)O)CCN(C(=O)c2cc(C)ccc2F)C1. The van der Waals surface area contributed by atoms with Crippen molar-refractivity contribution in [3.63, 3.8) is 0 Å². The Morgan fingerprint density at radius 1 is 1.45 bits per heavy atom. The third-order valence-corrected chi connectivity index (χ3v) is 4.12. The minimum absolute atomic E-state index is 0.0160. The Hall–Kier alpha value is -1.91. The van der Waals surface area contributed by atoms with E-state index < -0.39 is 23.1 Å². The summed E-state index contributed by atoms with van der Waals surface area (Å²) in [5.41, 5.74) is -0.0769. The minimum Gasteiger partial charge on any atom is -0.481 e. The number of carbonyl (C=O) groups excluding carboxylic acids is 1. The summed E-state index contributed by atoms with van der Waals surface area (Å²) >= 11 is 0. The fraction of sp³-hybridized carbons (Fsp3) is 0.467. The molecule has 1 aromatic carbocycles. The van der Waals surface area contributed by atoms with Crippen LogP contribution < -0.4 is 0 Å².